The Hall–Kier alpha value is -2.31. The van der Waals surface area contributed by atoms with Crippen LogP contribution in [0.25, 0.3) is 5.57 Å². The lowest BCUT2D eigenvalue weighted by molar-refractivity contribution is -0.119. The van der Waals surface area contributed by atoms with Gasteiger partial charge in [-0.3, -0.25) is 9.59 Å². The molecule has 2 aromatic rings. The quantitative estimate of drug-likeness (QED) is 0.699. The van der Waals surface area contributed by atoms with Crippen molar-refractivity contribution in [2.45, 2.75) is 0 Å². The van der Waals surface area contributed by atoms with Gasteiger partial charge in [0.25, 0.3) is 11.8 Å². The molecule has 3 rings (SSSR count). The number of imide groups is 1. The summed E-state index contributed by atoms with van der Waals surface area (Å²) in [6.45, 7) is 0. The number of carbonyl (C=O) groups excluding carboxylic acids is 2. The first kappa shape index (κ1) is 17.5. The Morgan fingerprint density at radius 3 is 2.16 bits per heavy atom. The SMILES string of the molecule is COc1ccc(C2=C(Cl)C(=O)N(c3ccc(Br)cc3)C2=O)cc1OC. The van der Waals surface area contributed by atoms with Crippen molar-refractivity contribution in [3.8, 4) is 11.5 Å². The largest absolute Gasteiger partial charge is 0.493 e. The van der Waals surface area contributed by atoms with Crippen LogP contribution in [-0.4, -0.2) is 26.0 Å². The number of nitrogens with zero attached hydrogens (tertiary/aromatic N) is 1. The molecule has 0 bridgehead atoms. The first-order valence-corrected chi connectivity index (χ1v) is 8.41. The number of carbonyl (C=O) groups is 2. The molecule has 25 heavy (non-hydrogen) atoms. The zero-order chi connectivity index (χ0) is 18.1. The summed E-state index contributed by atoms with van der Waals surface area (Å²) >= 11 is 9.51. The van der Waals surface area contributed by atoms with Crippen LogP contribution in [0.2, 0.25) is 0 Å². The van der Waals surface area contributed by atoms with Crippen LogP contribution >= 0.6 is 27.5 Å². The molecule has 0 atom stereocenters. The van der Waals surface area contributed by atoms with Crippen LogP contribution in [0.5, 0.6) is 11.5 Å². The molecule has 1 aliphatic rings. The summed E-state index contributed by atoms with van der Waals surface area (Å²) in [7, 11) is 3.01. The monoisotopic (exact) mass is 421 g/mol. The molecule has 1 heterocycles. The third-order valence-electron chi connectivity index (χ3n) is 3.78. The predicted molar refractivity (Wildman–Crippen MR) is 99.0 cm³/mol. The van der Waals surface area contributed by atoms with E-state index in [2.05, 4.69) is 15.9 Å². The van der Waals surface area contributed by atoms with Crippen LogP contribution in [0.3, 0.4) is 0 Å². The van der Waals surface area contributed by atoms with Gasteiger partial charge in [0.05, 0.1) is 25.5 Å². The van der Waals surface area contributed by atoms with Crippen LogP contribution in [0.15, 0.2) is 52.0 Å². The van der Waals surface area contributed by atoms with E-state index in [1.165, 1.54) is 14.2 Å². The molecule has 0 aromatic heterocycles. The fourth-order valence-electron chi connectivity index (χ4n) is 2.57. The van der Waals surface area contributed by atoms with Gasteiger partial charge in [-0.1, -0.05) is 33.6 Å². The molecule has 0 fully saturated rings. The van der Waals surface area contributed by atoms with Crippen molar-refractivity contribution in [2.24, 2.45) is 0 Å². The number of hydrogen-bond acceptors (Lipinski definition) is 4. The van der Waals surface area contributed by atoms with Crippen molar-refractivity contribution in [1.82, 2.24) is 0 Å². The van der Waals surface area contributed by atoms with Crippen LogP contribution in [0.1, 0.15) is 5.56 Å². The number of ether oxygens (including phenoxy) is 2. The van der Waals surface area contributed by atoms with Gasteiger partial charge >= 0.3 is 0 Å². The van der Waals surface area contributed by atoms with E-state index in [-0.39, 0.29) is 10.6 Å². The number of anilines is 1. The lowest BCUT2D eigenvalue weighted by atomic mass is 10.1. The minimum atomic E-state index is -0.557. The second kappa shape index (κ2) is 6.90. The molecule has 0 N–H and O–H groups in total. The second-order valence-corrected chi connectivity index (χ2v) is 6.47. The van der Waals surface area contributed by atoms with E-state index in [1.807, 2.05) is 0 Å². The number of halogens is 2. The number of methoxy groups -OCH3 is 2. The molecule has 2 aromatic carbocycles. The van der Waals surface area contributed by atoms with Gasteiger partial charge in [0, 0.05) is 4.47 Å². The summed E-state index contributed by atoms with van der Waals surface area (Å²) < 4.78 is 11.3. The third kappa shape index (κ3) is 3.03. The van der Waals surface area contributed by atoms with Crippen molar-refractivity contribution in [3.63, 3.8) is 0 Å². The first-order valence-electron chi connectivity index (χ1n) is 7.24. The van der Waals surface area contributed by atoms with E-state index in [4.69, 9.17) is 21.1 Å². The maximum Gasteiger partial charge on any atom is 0.277 e. The Labute approximate surface area is 157 Å². The van der Waals surface area contributed by atoms with Gasteiger partial charge in [-0.25, -0.2) is 4.90 Å². The molecule has 0 spiro atoms. The molecule has 0 saturated heterocycles. The van der Waals surface area contributed by atoms with Crippen LogP contribution in [-0.2, 0) is 9.59 Å². The number of amides is 2. The Morgan fingerprint density at radius 2 is 1.56 bits per heavy atom. The summed E-state index contributed by atoms with van der Waals surface area (Å²) in [5, 5.41) is -0.125. The van der Waals surface area contributed by atoms with Crippen LogP contribution < -0.4 is 14.4 Å². The molecular formula is C18H13BrClNO4. The summed E-state index contributed by atoms with van der Waals surface area (Å²) in [6, 6.07) is 11.8. The molecule has 128 valence electrons. The van der Waals surface area contributed by atoms with E-state index in [1.54, 1.807) is 42.5 Å². The average Bonchev–Trinajstić information content (AvgIpc) is 2.84. The van der Waals surface area contributed by atoms with Crippen molar-refractivity contribution in [3.05, 3.63) is 57.5 Å². The smallest absolute Gasteiger partial charge is 0.277 e. The van der Waals surface area contributed by atoms with Crippen molar-refractivity contribution >= 4 is 50.6 Å². The van der Waals surface area contributed by atoms with Gasteiger partial charge in [-0.05, 0) is 42.0 Å². The van der Waals surface area contributed by atoms with Gasteiger partial charge in [0.1, 0.15) is 5.03 Å². The minimum absolute atomic E-state index is 0.125. The Kier molecular flexibility index (Phi) is 4.83. The van der Waals surface area contributed by atoms with Crippen molar-refractivity contribution in [2.75, 3.05) is 19.1 Å². The number of rotatable bonds is 4. The molecule has 2 amide bonds. The second-order valence-electron chi connectivity index (χ2n) is 5.18. The molecule has 0 saturated carbocycles. The first-order chi connectivity index (χ1) is 12.0. The van der Waals surface area contributed by atoms with Crippen molar-refractivity contribution < 1.29 is 19.1 Å². The van der Waals surface area contributed by atoms with Crippen LogP contribution in [0, 0.1) is 0 Å². The molecular weight excluding hydrogens is 410 g/mol. The van der Waals surface area contributed by atoms with E-state index in [9.17, 15) is 9.59 Å². The van der Waals surface area contributed by atoms with E-state index >= 15 is 0 Å². The van der Waals surface area contributed by atoms with Gasteiger partial charge in [-0.2, -0.15) is 0 Å². The highest BCUT2D eigenvalue weighted by Gasteiger charge is 2.39. The highest BCUT2D eigenvalue weighted by molar-refractivity contribution is 9.10. The third-order valence-corrected chi connectivity index (χ3v) is 4.66. The Morgan fingerprint density at radius 1 is 0.920 bits per heavy atom. The average molecular weight is 423 g/mol. The molecule has 0 radical (unpaired) electrons. The highest BCUT2D eigenvalue weighted by atomic mass is 79.9. The lowest BCUT2D eigenvalue weighted by Gasteiger charge is -2.15. The predicted octanol–water partition coefficient (Wildman–Crippen LogP) is 3.99. The summed E-state index contributed by atoms with van der Waals surface area (Å²) in [4.78, 5) is 26.4. The fraction of sp³-hybridized carbons (Fsp3) is 0.111. The number of hydrogen-bond donors (Lipinski definition) is 0. The standard InChI is InChI=1S/C18H13BrClNO4/c1-24-13-8-3-10(9-14(13)25-2)15-16(20)18(23)21(17(15)22)12-6-4-11(19)5-7-12/h3-9H,1-2H3. The van der Waals surface area contributed by atoms with E-state index in [0.29, 0.717) is 22.7 Å². The van der Waals surface area contributed by atoms with Gasteiger partial charge in [-0.15, -0.1) is 0 Å². The van der Waals surface area contributed by atoms with E-state index in [0.717, 1.165) is 9.37 Å². The van der Waals surface area contributed by atoms with E-state index < -0.39 is 11.8 Å². The maximum absolute atomic E-state index is 12.8. The Balaban J connectivity index is 2.04. The molecule has 7 heteroatoms. The van der Waals surface area contributed by atoms with Gasteiger partial charge in [0.2, 0.25) is 0 Å². The summed E-state index contributed by atoms with van der Waals surface area (Å²) in [6.07, 6.45) is 0. The summed E-state index contributed by atoms with van der Waals surface area (Å²) in [5.74, 6) is -0.0767. The van der Waals surface area contributed by atoms with Gasteiger partial charge in [0.15, 0.2) is 11.5 Å². The summed E-state index contributed by atoms with van der Waals surface area (Å²) in [5.41, 5.74) is 1.07. The highest BCUT2D eigenvalue weighted by Crippen LogP contribution is 2.38. The maximum atomic E-state index is 12.8. The fourth-order valence-corrected chi connectivity index (χ4v) is 3.11. The molecule has 5 nitrogen and oxygen atoms in total. The molecule has 1 aliphatic heterocycles. The minimum Gasteiger partial charge on any atom is -0.493 e. The lowest BCUT2D eigenvalue weighted by Crippen LogP contribution is -2.31. The zero-order valence-electron chi connectivity index (χ0n) is 13.4. The zero-order valence-corrected chi connectivity index (χ0v) is 15.7. The Bertz CT molecular complexity index is 892. The number of benzene rings is 2. The normalized spacial score (nSPS) is 14.3. The topological polar surface area (TPSA) is 55.8 Å². The van der Waals surface area contributed by atoms with Crippen LogP contribution in [0.4, 0.5) is 5.69 Å². The molecule has 0 aliphatic carbocycles. The van der Waals surface area contributed by atoms with Crippen molar-refractivity contribution in [1.29, 1.82) is 0 Å². The molecule has 0 unspecified atom stereocenters. The van der Waals surface area contributed by atoms with Gasteiger partial charge < -0.3 is 9.47 Å².